The maximum absolute atomic E-state index is 7.58. The number of hydrogen-bond donors (Lipinski definition) is 0. The van der Waals surface area contributed by atoms with Gasteiger partial charge >= 0.3 is 0 Å². The van der Waals surface area contributed by atoms with Crippen LogP contribution in [0, 0.1) is 6.57 Å². The Morgan fingerprint density at radius 3 is 1.62 bits per heavy atom. The zero-order chi connectivity index (χ0) is 36.8. The maximum Gasteiger partial charge on any atom is 0.189 e. The molecule has 0 bridgehead atoms. The molecule has 8 aromatic carbocycles. The molecule has 0 spiro atoms. The van der Waals surface area contributed by atoms with Gasteiger partial charge in [-0.3, -0.25) is 0 Å². The number of aromatic nitrogens is 2. The van der Waals surface area contributed by atoms with Crippen molar-refractivity contribution in [3.05, 3.63) is 198 Å². The molecule has 1 aliphatic carbocycles. The van der Waals surface area contributed by atoms with Crippen LogP contribution in [-0.2, 0) is 5.41 Å². The predicted octanol–water partition coefficient (Wildman–Crippen LogP) is 14.1. The fourth-order valence-electron chi connectivity index (χ4n) is 9.44. The van der Waals surface area contributed by atoms with Crippen LogP contribution in [0.1, 0.15) is 25.0 Å². The summed E-state index contributed by atoms with van der Waals surface area (Å²) >= 11 is 0. The predicted molar refractivity (Wildman–Crippen MR) is 230 cm³/mol. The standard InChI is InChI=1S/C52H35N3/c1-52(2)46-19-7-4-14-40(46)43-18-11-17-39(51(43)52)33-22-26-37(27-23-33)54-47-20-8-5-15-41(47)44-30-34(24-28-49(44)54)35-25-29-50-45(31-35)42-16-6-9-21-48(42)55(50)38-13-10-12-36(32-38)53-3/h4-32H,1-2H3. The first-order valence-corrected chi connectivity index (χ1v) is 18.9. The van der Waals surface area contributed by atoms with Crippen molar-refractivity contribution in [3.63, 3.8) is 0 Å². The monoisotopic (exact) mass is 701 g/mol. The van der Waals surface area contributed by atoms with Gasteiger partial charge in [-0.25, -0.2) is 4.85 Å². The van der Waals surface area contributed by atoms with E-state index in [2.05, 4.69) is 186 Å². The summed E-state index contributed by atoms with van der Waals surface area (Å²) in [6.07, 6.45) is 0. The zero-order valence-corrected chi connectivity index (χ0v) is 30.6. The molecule has 3 nitrogen and oxygen atoms in total. The molecule has 10 aromatic rings. The summed E-state index contributed by atoms with van der Waals surface area (Å²) in [5.74, 6) is 0. The normalized spacial score (nSPS) is 13.0. The van der Waals surface area contributed by atoms with Gasteiger partial charge in [-0.05, 0) is 105 Å². The fraction of sp³-hybridized carbons (Fsp3) is 0.0577. The molecular formula is C52H35N3. The lowest BCUT2D eigenvalue weighted by Crippen LogP contribution is -2.16. The van der Waals surface area contributed by atoms with Crippen molar-refractivity contribution in [3.8, 4) is 44.8 Å². The molecule has 0 fully saturated rings. The summed E-state index contributed by atoms with van der Waals surface area (Å²) < 4.78 is 4.68. The summed E-state index contributed by atoms with van der Waals surface area (Å²) in [4.78, 5) is 3.70. The molecule has 11 rings (SSSR count). The maximum atomic E-state index is 7.58. The molecule has 0 atom stereocenters. The number of para-hydroxylation sites is 2. The molecule has 0 amide bonds. The zero-order valence-electron chi connectivity index (χ0n) is 30.6. The molecule has 2 aromatic heterocycles. The van der Waals surface area contributed by atoms with E-state index >= 15 is 0 Å². The highest BCUT2D eigenvalue weighted by atomic mass is 15.0. The summed E-state index contributed by atoms with van der Waals surface area (Å²) in [5, 5.41) is 4.86. The minimum absolute atomic E-state index is 0.0712. The van der Waals surface area contributed by atoms with Crippen LogP contribution in [0.5, 0.6) is 0 Å². The van der Waals surface area contributed by atoms with Crippen LogP contribution in [0.4, 0.5) is 5.69 Å². The van der Waals surface area contributed by atoms with Crippen LogP contribution in [0.3, 0.4) is 0 Å². The molecule has 3 heteroatoms. The smallest absolute Gasteiger partial charge is 0.189 e. The quantitative estimate of drug-likeness (QED) is 0.162. The second-order valence-corrected chi connectivity index (χ2v) is 15.2. The van der Waals surface area contributed by atoms with Gasteiger partial charge in [0.15, 0.2) is 5.69 Å². The van der Waals surface area contributed by atoms with E-state index in [9.17, 15) is 0 Å². The van der Waals surface area contributed by atoms with E-state index < -0.39 is 0 Å². The van der Waals surface area contributed by atoms with Crippen molar-refractivity contribution < 1.29 is 0 Å². The van der Waals surface area contributed by atoms with Crippen molar-refractivity contribution in [2.75, 3.05) is 0 Å². The Labute approximate surface area is 319 Å². The SMILES string of the molecule is [C-]#[N+]c1cccc(-n2c3ccccc3c3cc(-c4ccc5c(c4)c4ccccc4n5-c4ccc(-c5cccc6c5C(C)(C)c5ccccc5-6)cc4)ccc32)c1. The van der Waals surface area contributed by atoms with Gasteiger partial charge < -0.3 is 9.13 Å². The Bertz CT molecular complexity index is 3240. The molecule has 258 valence electrons. The van der Waals surface area contributed by atoms with E-state index in [4.69, 9.17) is 6.57 Å². The summed E-state index contributed by atoms with van der Waals surface area (Å²) in [6.45, 7) is 12.3. The average molecular weight is 702 g/mol. The summed E-state index contributed by atoms with van der Waals surface area (Å²) in [5.41, 5.74) is 17.7. The fourth-order valence-corrected chi connectivity index (χ4v) is 9.44. The summed E-state index contributed by atoms with van der Waals surface area (Å²) in [7, 11) is 0. The first-order valence-electron chi connectivity index (χ1n) is 18.9. The first kappa shape index (κ1) is 31.4. The molecule has 1 aliphatic rings. The van der Waals surface area contributed by atoms with E-state index in [1.165, 1.54) is 77.1 Å². The van der Waals surface area contributed by atoms with Crippen LogP contribution in [0.25, 0.3) is 93.2 Å². The largest absolute Gasteiger partial charge is 0.311 e. The van der Waals surface area contributed by atoms with Crippen LogP contribution < -0.4 is 0 Å². The van der Waals surface area contributed by atoms with E-state index in [0.717, 1.165) is 22.4 Å². The molecule has 55 heavy (non-hydrogen) atoms. The highest BCUT2D eigenvalue weighted by molar-refractivity contribution is 6.12. The van der Waals surface area contributed by atoms with Crippen molar-refractivity contribution in [2.45, 2.75) is 19.3 Å². The van der Waals surface area contributed by atoms with Crippen LogP contribution in [-0.4, -0.2) is 9.13 Å². The van der Waals surface area contributed by atoms with E-state index in [0.29, 0.717) is 5.69 Å². The van der Waals surface area contributed by atoms with E-state index in [1.807, 2.05) is 18.2 Å². The lowest BCUT2D eigenvalue weighted by molar-refractivity contribution is 0.662. The van der Waals surface area contributed by atoms with Crippen LogP contribution >= 0.6 is 0 Å². The van der Waals surface area contributed by atoms with Gasteiger partial charge in [0.05, 0.1) is 28.6 Å². The first-order chi connectivity index (χ1) is 27.0. The van der Waals surface area contributed by atoms with E-state index in [1.54, 1.807) is 0 Å². The van der Waals surface area contributed by atoms with Crippen molar-refractivity contribution >= 4 is 49.3 Å². The Hall–Kier alpha value is -7.15. The molecule has 0 N–H and O–H groups in total. The van der Waals surface area contributed by atoms with Gasteiger partial charge in [-0.1, -0.05) is 129 Å². The van der Waals surface area contributed by atoms with E-state index in [-0.39, 0.29) is 5.41 Å². The number of fused-ring (bicyclic) bond motifs is 9. The minimum atomic E-state index is -0.0712. The minimum Gasteiger partial charge on any atom is -0.311 e. The topological polar surface area (TPSA) is 14.2 Å². The van der Waals surface area contributed by atoms with Gasteiger partial charge in [0.1, 0.15) is 0 Å². The van der Waals surface area contributed by atoms with Crippen molar-refractivity contribution in [1.82, 2.24) is 9.13 Å². The molecule has 0 saturated carbocycles. The Balaban J connectivity index is 1.02. The molecule has 0 aliphatic heterocycles. The van der Waals surface area contributed by atoms with Crippen molar-refractivity contribution in [2.24, 2.45) is 0 Å². The second-order valence-electron chi connectivity index (χ2n) is 15.2. The third-order valence-electron chi connectivity index (χ3n) is 11.9. The third kappa shape index (κ3) is 4.55. The number of benzene rings is 8. The second kappa shape index (κ2) is 11.7. The summed E-state index contributed by atoms with van der Waals surface area (Å²) in [6, 6.07) is 63.6. The Kier molecular flexibility index (Phi) is 6.66. The third-order valence-corrected chi connectivity index (χ3v) is 11.9. The number of nitrogens with zero attached hydrogens (tertiary/aromatic N) is 3. The number of rotatable bonds is 4. The molecule has 0 unspecified atom stereocenters. The van der Waals surface area contributed by atoms with Gasteiger partial charge in [0, 0.05) is 38.3 Å². The molecular weight excluding hydrogens is 667 g/mol. The van der Waals surface area contributed by atoms with Crippen LogP contribution in [0.15, 0.2) is 176 Å². The lowest BCUT2D eigenvalue weighted by atomic mass is 9.79. The highest BCUT2D eigenvalue weighted by Gasteiger charge is 2.37. The van der Waals surface area contributed by atoms with Gasteiger partial charge in [0.2, 0.25) is 0 Å². The van der Waals surface area contributed by atoms with Gasteiger partial charge in [-0.2, -0.15) is 0 Å². The Morgan fingerprint density at radius 1 is 0.418 bits per heavy atom. The van der Waals surface area contributed by atoms with Crippen LogP contribution in [0.2, 0.25) is 0 Å². The van der Waals surface area contributed by atoms with Gasteiger partial charge in [-0.15, -0.1) is 0 Å². The number of hydrogen-bond acceptors (Lipinski definition) is 0. The Morgan fingerprint density at radius 2 is 0.945 bits per heavy atom. The van der Waals surface area contributed by atoms with Crippen molar-refractivity contribution in [1.29, 1.82) is 0 Å². The van der Waals surface area contributed by atoms with Gasteiger partial charge in [0.25, 0.3) is 0 Å². The molecule has 0 saturated heterocycles. The molecule has 2 heterocycles. The molecule has 0 radical (unpaired) electrons. The highest BCUT2D eigenvalue weighted by Crippen LogP contribution is 2.52. The average Bonchev–Trinajstić information content (AvgIpc) is 3.83. The lowest BCUT2D eigenvalue weighted by Gasteiger charge is -2.24.